The van der Waals surface area contributed by atoms with Gasteiger partial charge in [0, 0.05) is 17.8 Å². The van der Waals surface area contributed by atoms with Gasteiger partial charge in [-0.05, 0) is 33.1 Å². The number of ketones is 1. The van der Waals surface area contributed by atoms with E-state index in [2.05, 4.69) is 11.5 Å². The molecule has 0 saturated heterocycles. The van der Waals surface area contributed by atoms with Crippen LogP contribution in [0.3, 0.4) is 0 Å². The van der Waals surface area contributed by atoms with Gasteiger partial charge in [-0.3, -0.25) is 4.79 Å². The molecule has 72 valence electrons. The Hall–Kier alpha value is -0.700. The number of thioether (sulfide) groups is 1. The van der Waals surface area contributed by atoms with Crippen molar-refractivity contribution in [3.8, 4) is 0 Å². The third kappa shape index (κ3) is 1.80. The first-order chi connectivity index (χ1) is 6.11. The zero-order valence-electron chi connectivity index (χ0n) is 8.55. The maximum Gasteiger partial charge on any atom is 0.162 e. The van der Waals surface area contributed by atoms with Gasteiger partial charge in [0.05, 0.1) is 5.03 Å². The number of hydrogen-bond donors (Lipinski definition) is 0. The molecule has 0 bridgehead atoms. The van der Waals surface area contributed by atoms with Gasteiger partial charge in [0.25, 0.3) is 0 Å². The Morgan fingerprint density at radius 1 is 1.62 bits per heavy atom. The van der Waals surface area contributed by atoms with Crippen molar-refractivity contribution < 1.29 is 4.79 Å². The van der Waals surface area contributed by atoms with Crippen LogP contribution in [0.1, 0.15) is 29.9 Å². The molecule has 3 heteroatoms. The Morgan fingerprint density at radius 2 is 2.23 bits per heavy atom. The highest BCUT2D eigenvalue weighted by atomic mass is 32.2. The van der Waals surface area contributed by atoms with Gasteiger partial charge in [0.1, 0.15) is 0 Å². The largest absolute Gasteiger partial charge is 0.340 e. The summed E-state index contributed by atoms with van der Waals surface area (Å²) in [5, 5.41) is 1.09. The van der Waals surface area contributed by atoms with Gasteiger partial charge in [-0.1, -0.05) is 0 Å². The number of nitrogens with zero attached hydrogens (tertiary/aromatic N) is 1. The lowest BCUT2D eigenvalue weighted by molar-refractivity contribution is 0.101. The smallest absolute Gasteiger partial charge is 0.162 e. The molecule has 1 rings (SSSR count). The van der Waals surface area contributed by atoms with Gasteiger partial charge in [0.2, 0.25) is 0 Å². The monoisotopic (exact) mass is 197 g/mol. The molecule has 1 aromatic rings. The highest BCUT2D eigenvalue weighted by Crippen LogP contribution is 2.25. The summed E-state index contributed by atoms with van der Waals surface area (Å²) in [6, 6.07) is 1.97. The van der Waals surface area contributed by atoms with Gasteiger partial charge >= 0.3 is 0 Å². The van der Waals surface area contributed by atoms with Crippen LogP contribution in [0.5, 0.6) is 0 Å². The van der Waals surface area contributed by atoms with E-state index in [9.17, 15) is 4.79 Å². The summed E-state index contributed by atoms with van der Waals surface area (Å²) in [5.41, 5.74) is 2.02. The molecule has 0 aliphatic rings. The van der Waals surface area contributed by atoms with Crippen LogP contribution in [0.15, 0.2) is 11.1 Å². The molecule has 0 amide bonds. The van der Waals surface area contributed by atoms with Gasteiger partial charge in [0.15, 0.2) is 5.78 Å². The SMILES string of the molecule is CCn1c(C)cc(C(C)=O)c1SC. The first kappa shape index (κ1) is 10.4. The molecule has 0 radical (unpaired) electrons. The van der Waals surface area contributed by atoms with Crippen LogP contribution in [0, 0.1) is 6.92 Å². The quantitative estimate of drug-likeness (QED) is 0.549. The molecular formula is C10H15NOS. The van der Waals surface area contributed by atoms with Crippen LogP contribution in [0.4, 0.5) is 0 Å². The lowest BCUT2D eigenvalue weighted by atomic mass is 10.2. The average Bonchev–Trinajstić information content (AvgIpc) is 2.41. The number of Topliss-reactive ketones (excluding diaryl/α,β-unsaturated/α-hetero) is 1. The lowest BCUT2D eigenvalue weighted by Crippen LogP contribution is -2.00. The van der Waals surface area contributed by atoms with Crippen molar-refractivity contribution in [3.63, 3.8) is 0 Å². The Kier molecular flexibility index (Phi) is 3.20. The fourth-order valence-corrected chi connectivity index (χ4v) is 2.44. The molecule has 0 aromatic carbocycles. The predicted octanol–water partition coefficient (Wildman–Crippen LogP) is 2.74. The standard InChI is InChI=1S/C10H15NOS/c1-5-11-7(2)6-9(8(3)12)10(11)13-4/h6H,5H2,1-4H3. The van der Waals surface area contributed by atoms with E-state index < -0.39 is 0 Å². The van der Waals surface area contributed by atoms with Crippen LogP contribution in [0.2, 0.25) is 0 Å². The molecule has 0 aliphatic carbocycles. The summed E-state index contributed by atoms with van der Waals surface area (Å²) in [6.07, 6.45) is 2.01. The number of carbonyl (C=O) groups is 1. The van der Waals surface area contributed by atoms with Crippen molar-refractivity contribution in [3.05, 3.63) is 17.3 Å². The maximum atomic E-state index is 11.3. The molecule has 0 saturated carbocycles. The van der Waals surface area contributed by atoms with Crippen LogP contribution in [-0.4, -0.2) is 16.6 Å². The van der Waals surface area contributed by atoms with Crippen molar-refractivity contribution in [1.82, 2.24) is 4.57 Å². The molecule has 0 aliphatic heterocycles. The van der Waals surface area contributed by atoms with Crippen molar-refractivity contribution >= 4 is 17.5 Å². The number of carbonyl (C=O) groups excluding carboxylic acids is 1. The lowest BCUT2D eigenvalue weighted by Gasteiger charge is -2.06. The van der Waals surface area contributed by atoms with Gasteiger partial charge in [-0.25, -0.2) is 0 Å². The first-order valence-electron chi connectivity index (χ1n) is 4.36. The highest BCUT2D eigenvalue weighted by molar-refractivity contribution is 7.98. The Balaban J connectivity index is 3.29. The molecule has 0 atom stereocenters. The van der Waals surface area contributed by atoms with Gasteiger partial charge in [-0.2, -0.15) is 0 Å². The molecule has 0 spiro atoms. The number of aromatic nitrogens is 1. The second-order valence-corrected chi connectivity index (χ2v) is 3.80. The summed E-state index contributed by atoms with van der Waals surface area (Å²) in [7, 11) is 0. The molecule has 13 heavy (non-hydrogen) atoms. The predicted molar refractivity (Wildman–Crippen MR) is 56.6 cm³/mol. The normalized spacial score (nSPS) is 10.5. The number of hydrogen-bond acceptors (Lipinski definition) is 2. The Bertz CT molecular complexity index is 328. The van der Waals surface area contributed by atoms with Crippen LogP contribution < -0.4 is 0 Å². The van der Waals surface area contributed by atoms with E-state index in [0.29, 0.717) is 0 Å². The van der Waals surface area contributed by atoms with Crippen molar-refractivity contribution in [2.75, 3.05) is 6.26 Å². The van der Waals surface area contributed by atoms with Crippen LogP contribution in [-0.2, 0) is 6.54 Å². The molecule has 2 nitrogen and oxygen atoms in total. The number of aryl methyl sites for hydroxylation is 1. The summed E-state index contributed by atoms with van der Waals surface area (Å²) in [4.78, 5) is 11.3. The minimum absolute atomic E-state index is 0.152. The van der Waals surface area contributed by atoms with E-state index in [0.717, 1.165) is 22.8 Å². The van der Waals surface area contributed by atoms with Crippen molar-refractivity contribution in [1.29, 1.82) is 0 Å². The van der Waals surface area contributed by atoms with E-state index >= 15 is 0 Å². The van der Waals surface area contributed by atoms with E-state index in [-0.39, 0.29) is 5.78 Å². The third-order valence-corrected chi connectivity index (χ3v) is 2.97. The molecule has 1 heterocycles. The van der Waals surface area contributed by atoms with E-state index in [1.165, 1.54) is 0 Å². The van der Waals surface area contributed by atoms with E-state index in [1.807, 2.05) is 19.2 Å². The average molecular weight is 197 g/mol. The minimum atomic E-state index is 0.152. The zero-order valence-corrected chi connectivity index (χ0v) is 9.36. The maximum absolute atomic E-state index is 11.3. The summed E-state index contributed by atoms with van der Waals surface area (Å²) < 4.78 is 2.17. The van der Waals surface area contributed by atoms with E-state index in [1.54, 1.807) is 18.7 Å². The van der Waals surface area contributed by atoms with E-state index in [4.69, 9.17) is 0 Å². The fraction of sp³-hybridized carbons (Fsp3) is 0.500. The minimum Gasteiger partial charge on any atom is -0.340 e. The van der Waals surface area contributed by atoms with Gasteiger partial charge in [-0.15, -0.1) is 11.8 Å². The van der Waals surface area contributed by atoms with Gasteiger partial charge < -0.3 is 4.57 Å². The molecular weight excluding hydrogens is 182 g/mol. The second-order valence-electron chi connectivity index (χ2n) is 3.01. The molecule has 0 unspecified atom stereocenters. The van der Waals surface area contributed by atoms with Crippen molar-refractivity contribution in [2.24, 2.45) is 0 Å². The van der Waals surface area contributed by atoms with Crippen LogP contribution in [0.25, 0.3) is 0 Å². The Morgan fingerprint density at radius 3 is 2.62 bits per heavy atom. The fourth-order valence-electron chi connectivity index (χ4n) is 1.52. The summed E-state index contributed by atoms with van der Waals surface area (Å²) >= 11 is 1.64. The topological polar surface area (TPSA) is 22.0 Å². The number of rotatable bonds is 3. The molecule has 1 aromatic heterocycles. The summed E-state index contributed by atoms with van der Waals surface area (Å²) in [6.45, 7) is 6.68. The first-order valence-corrected chi connectivity index (χ1v) is 5.59. The van der Waals surface area contributed by atoms with Crippen LogP contribution >= 0.6 is 11.8 Å². The summed E-state index contributed by atoms with van der Waals surface area (Å²) in [5.74, 6) is 0.152. The molecule has 0 N–H and O–H groups in total. The highest BCUT2D eigenvalue weighted by Gasteiger charge is 2.13. The second kappa shape index (κ2) is 4.01. The van der Waals surface area contributed by atoms with Crippen molar-refractivity contribution in [2.45, 2.75) is 32.3 Å². The third-order valence-electron chi connectivity index (χ3n) is 2.14. The zero-order chi connectivity index (χ0) is 10.0. The molecule has 0 fully saturated rings. The Labute approximate surface area is 83.3 Å².